The smallest absolute Gasteiger partial charge is 0.331 e. The Kier molecular flexibility index (Phi) is 12.8. The Labute approximate surface area is 254 Å². The average Bonchev–Trinajstić information content (AvgIpc) is 3.40. The number of unbranched alkanes of at least 4 members (excludes halogenated alkanes) is 6. The molecule has 0 fully saturated rings. The molecule has 41 heavy (non-hydrogen) atoms. The summed E-state index contributed by atoms with van der Waals surface area (Å²) in [6.07, 6.45) is 9.94. The molecule has 0 saturated heterocycles. The summed E-state index contributed by atoms with van der Waals surface area (Å²) >= 11 is 13.7. The first-order valence-corrected chi connectivity index (χ1v) is 15.3. The highest BCUT2D eigenvalue weighted by Crippen LogP contribution is 2.34. The number of aliphatic carboxylic acids is 1. The van der Waals surface area contributed by atoms with Crippen LogP contribution in [-0.2, 0) is 9.53 Å². The van der Waals surface area contributed by atoms with Gasteiger partial charge in [0.05, 0.1) is 21.8 Å². The molecule has 1 unspecified atom stereocenters. The topological polar surface area (TPSA) is 88.5 Å². The van der Waals surface area contributed by atoms with Gasteiger partial charge < -0.3 is 9.84 Å². The summed E-state index contributed by atoms with van der Waals surface area (Å²) in [6.45, 7) is 3.62. The maximum Gasteiger partial charge on any atom is 0.331 e. The van der Waals surface area contributed by atoms with E-state index in [2.05, 4.69) is 17.2 Å². The highest BCUT2D eigenvalue weighted by atomic mass is 35.5. The van der Waals surface area contributed by atoms with E-state index >= 15 is 4.39 Å². The molecule has 220 valence electrons. The van der Waals surface area contributed by atoms with Gasteiger partial charge in [-0.3, -0.25) is 10.1 Å². The molecule has 0 aliphatic heterocycles. The minimum Gasteiger partial charge on any atom is -0.478 e. The summed E-state index contributed by atoms with van der Waals surface area (Å²) < 4.78 is 21.3. The number of halogens is 3. The van der Waals surface area contributed by atoms with Gasteiger partial charge in [0.15, 0.2) is 5.13 Å². The van der Waals surface area contributed by atoms with Crippen molar-refractivity contribution < 1.29 is 23.8 Å². The number of nitrogens with zero attached hydrogens (tertiary/aromatic N) is 1. The van der Waals surface area contributed by atoms with Gasteiger partial charge in [-0.25, -0.2) is 14.2 Å². The van der Waals surface area contributed by atoms with Crippen LogP contribution in [0.2, 0.25) is 10.0 Å². The number of hydrogen-bond acceptors (Lipinski definition) is 5. The number of aromatic nitrogens is 1. The first-order chi connectivity index (χ1) is 19.7. The van der Waals surface area contributed by atoms with Gasteiger partial charge in [0.1, 0.15) is 5.82 Å². The maximum absolute atomic E-state index is 15.6. The fourth-order valence-electron chi connectivity index (χ4n) is 4.44. The first-order valence-electron chi connectivity index (χ1n) is 13.6. The molecule has 1 atom stereocenters. The van der Waals surface area contributed by atoms with Gasteiger partial charge in [-0.15, -0.1) is 11.3 Å². The SMILES string of the molecule is CCCCCCCCCC(OC)c1cccc(-c2csc(NC(=O)c3cc(Cl)c(/C=C(\C)C(=O)O)c(Cl)c3)n2)c1F. The van der Waals surface area contributed by atoms with Crippen molar-refractivity contribution in [3.05, 3.63) is 73.8 Å². The third-order valence-corrected chi connectivity index (χ3v) is 8.15. The molecule has 10 heteroatoms. The molecule has 0 aliphatic rings. The van der Waals surface area contributed by atoms with E-state index in [4.69, 9.17) is 33.0 Å². The number of carboxylic acids is 1. The van der Waals surface area contributed by atoms with E-state index in [1.54, 1.807) is 30.7 Å². The van der Waals surface area contributed by atoms with Crippen LogP contribution in [0.4, 0.5) is 9.52 Å². The van der Waals surface area contributed by atoms with Gasteiger partial charge in [-0.2, -0.15) is 0 Å². The molecule has 0 spiro atoms. The molecule has 6 nitrogen and oxygen atoms in total. The number of carboxylic acid groups (broad SMARTS) is 1. The predicted octanol–water partition coefficient (Wildman–Crippen LogP) is 9.82. The van der Waals surface area contributed by atoms with Gasteiger partial charge >= 0.3 is 5.97 Å². The number of thiazole rings is 1. The summed E-state index contributed by atoms with van der Waals surface area (Å²) in [6, 6.07) is 7.99. The molecule has 3 aromatic rings. The number of carbonyl (C=O) groups excluding carboxylic acids is 1. The Balaban J connectivity index is 1.70. The molecule has 2 N–H and O–H groups in total. The molecule has 3 rings (SSSR count). The molecule has 0 aliphatic carbocycles. The molecule has 1 heterocycles. The summed E-state index contributed by atoms with van der Waals surface area (Å²) in [5, 5.41) is 14.0. The summed E-state index contributed by atoms with van der Waals surface area (Å²) in [4.78, 5) is 28.5. The van der Waals surface area contributed by atoms with Crippen molar-refractivity contribution in [1.82, 2.24) is 4.98 Å². The van der Waals surface area contributed by atoms with Crippen molar-refractivity contribution >= 4 is 57.6 Å². The monoisotopic (exact) mass is 620 g/mol. The number of nitrogens with one attached hydrogen (secondary N) is 1. The number of ether oxygens (including phenoxy) is 1. The first kappa shape index (κ1) is 32.7. The summed E-state index contributed by atoms with van der Waals surface area (Å²) in [5.74, 6) is -2.00. The molecule has 0 bridgehead atoms. The van der Waals surface area contributed by atoms with E-state index < -0.39 is 11.9 Å². The maximum atomic E-state index is 15.6. The van der Waals surface area contributed by atoms with Crippen molar-refractivity contribution in [1.29, 1.82) is 0 Å². The van der Waals surface area contributed by atoms with Crippen molar-refractivity contribution in [2.75, 3.05) is 12.4 Å². The van der Waals surface area contributed by atoms with E-state index in [0.717, 1.165) is 30.6 Å². The second-order valence-corrected chi connectivity index (χ2v) is 11.5. The van der Waals surface area contributed by atoms with E-state index in [1.165, 1.54) is 57.2 Å². The second-order valence-electron chi connectivity index (χ2n) is 9.82. The lowest BCUT2D eigenvalue weighted by Crippen LogP contribution is -2.12. The Morgan fingerprint density at radius 3 is 2.41 bits per heavy atom. The quantitative estimate of drug-likeness (QED) is 0.130. The lowest BCUT2D eigenvalue weighted by atomic mass is 9.98. The zero-order chi connectivity index (χ0) is 29.9. The minimum atomic E-state index is -1.11. The minimum absolute atomic E-state index is 0.0484. The van der Waals surface area contributed by atoms with Crippen LogP contribution in [-0.4, -0.2) is 29.1 Å². The standard InChI is InChI=1S/C31H35Cl2FN2O4S/c1-4-5-6-7-8-9-10-14-27(40-3)22-13-11-12-21(28(22)34)26-18-41-31(35-26)36-29(37)20-16-24(32)23(25(33)17-20)15-19(2)30(38)39/h11-13,15-18,27H,4-10,14H2,1-3H3,(H,38,39)(H,35,36,37)/b19-15+. The van der Waals surface area contributed by atoms with E-state index in [-0.39, 0.29) is 38.2 Å². The number of amides is 1. The summed E-state index contributed by atoms with van der Waals surface area (Å²) in [7, 11) is 1.60. The molecular weight excluding hydrogens is 586 g/mol. The lowest BCUT2D eigenvalue weighted by molar-refractivity contribution is -0.132. The van der Waals surface area contributed by atoms with Gasteiger partial charge in [-0.05, 0) is 37.6 Å². The van der Waals surface area contributed by atoms with Crippen molar-refractivity contribution in [3.8, 4) is 11.3 Å². The predicted molar refractivity (Wildman–Crippen MR) is 166 cm³/mol. The van der Waals surface area contributed by atoms with E-state index in [1.807, 2.05) is 0 Å². The number of carbonyl (C=O) groups is 2. The van der Waals surface area contributed by atoms with Crippen LogP contribution in [0.3, 0.4) is 0 Å². The van der Waals surface area contributed by atoms with Gasteiger partial charge in [0, 0.05) is 40.3 Å². The molecular formula is C31H35Cl2FN2O4S. The zero-order valence-corrected chi connectivity index (χ0v) is 25.8. The van der Waals surface area contributed by atoms with E-state index in [0.29, 0.717) is 22.4 Å². The summed E-state index contributed by atoms with van der Waals surface area (Å²) in [5.41, 5.74) is 1.74. The highest BCUT2D eigenvalue weighted by Gasteiger charge is 2.20. The number of rotatable bonds is 15. The number of benzene rings is 2. The largest absolute Gasteiger partial charge is 0.478 e. The molecule has 1 aromatic heterocycles. The Morgan fingerprint density at radius 2 is 1.78 bits per heavy atom. The average molecular weight is 622 g/mol. The van der Waals surface area contributed by atoms with Crippen LogP contribution >= 0.6 is 34.5 Å². The van der Waals surface area contributed by atoms with Crippen LogP contribution in [0, 0.1) is 5.82 Å². The highest BCUT2D eigenvalue weighted by molar-refractivity contribution is 7.14. The fraction of sp³-hybridized carbons (Fsp3) is 0.387. The molecule has 2 aromatic carbocycles. The van der Waals surface area contributed by atoms with Crippen LogP contribution in [0.25, 0.3) is 17.3 Å². The van der Waals surface area contributed by atoms with Crippen LogP contribution in [0.5, 0.6) is 0 Å². The van der Waals surface area contributed by atoms with E-state index in [9.17, 15) is 9.59 Å². The number of methoxy groups -OCH3 is 1. The molecule has 0 radical (unpaired) electrons. The van der Waals surface area contributed by atoms with Gasteiger partial charge in [-0.1, -0.05) is 87.2 Å². The Hall–Kier alpha value is -2.78. The van der Waals surface area contributed by atoms with Crippen LogP contribution in [0.15, 0.2) is 41.3 Å². The third-order valence-electron chi connectivity index (χ3n) is 6.77. The van der Waals surface area contributed by atoms with Crippen molar-refractivity contribution in [2.45, 2.75) is 71.3 Å². The molecule has 0 saturated carbocycles. The van der Waals surface area contributed by atoms with Crippen molar-refractivity contribution in [2.24, 2.45) is 0 Å². The zero-order valence-electron chi connectivity index (χ0n) is 23.4. The number of anilines is 1. The van der Waals surface area contributed by atoms with Crippen LogP contribution < -0.4 is 5.32 Å². The third kappa shape index (κ3) is 9.10. The Bertz CT molecular complexity index is 1370. The second kappa shape index (κ2) is 16.0. The lowest BCUT2D eigenvalue weighted by Gasteiger charge is -2.17. The van der Waals surface area contributed by atoms with Crippen LogP contribution in [0.1, 0.15) is 92.8 Å². The van der Waals surface area contributed by atoms with Gasteiger partial charge in [0.25, 0.3) is 5.91 Å². The normalized spacial score (nSPS) is 12.4. The Morgan fingerprint density at radius 1 is 1.12 bits per heavy atom. The molecule has 1 amide bonds. The number of hydrogen-bond donors (Lipinski definition) is 2. The van der Waals surface area contributed by atoms with Crippen molar-refractivity contribution in [3.63, 3.8) is 0 Å². The fourth-order valence-corrected chi connectivity index (χ4v) is 5.74. The van der Waals surface area contributed by atoms with Gasteiger partial charge in [0.2, 0.25) is 0 Å².